The summed E-state index contributed by atoms with van der Waals surface area (Å²) in [6.07, 6.45) is 15.2. The normalized spacial score (nSPS) is 14.7. The minimum atomic E-state index is -0.338. The molecule has 18 nitrogen and oxygen atoms in total. The lowest BCUT2D eigenvalue weighted by Crippen LogP contribution is -2.13. The molecule has 1 N–H and O–H groups in total. The van der Waals surface area contributed by atoms with Crippen LogP contribution in [0.15, 0.2) is 308 Å². The summed E-state index contributed by atoms with van der Waals surface area (Å²) < 4.78 is 22.4. The average molecular weight is 2040 g/mol. The Morgan fingerprint density at radius 1 is 0.373 bits per heavy atom. The van der Waals surface area contributed by atoms with Crippen molar-refractivity contribution in [2.45, 2.75) is 138 Å². The molecular weight excluding hydrogens is 1940 g/mol. The van der Waals surface area contributed by atoms with Gasteiger partial charge in [-0.1, -0.05) is 116 Å². The van der Waals surface area contributed by atoms with Crippen LogP contribution in [0.3, 0.4) is 0 Å². The van der Waals surface area contributed by atoms with E-state index in [1.807, 2.05) is 211 Å². The van der Waals surface area contributed by atoms with Gasteiger partial charge in [-0.05, 0) is 329 Å². The highest BCUT2D eigenvalue weighted by Gasteiger charge is 2.28. The van der Waals surface area contributed by atoms with Gasteiger partial charge in [0.1, 0.15) is 52.9 Å². The lowest BCUT2D eigenvalue weighted by Gasteiger charge is -2.20. The standard InChI is InChI=1S/C25H25NO2.C22H17BrN2O.C16H13BrN2O.C16H13ClN2O.C16H13FN2O.C16H13IN2O/c1-17-11-21-13-22(27)15-25(26-24(21)12-18(17)2)20-9-6-10-23(14-20)28-16-19-7-4-3-5-8-19;1-14-8-21-18(11-20(14)23)10-19(26)12-22(25-21)16-5-2-4-15(9-16)17-6-3-7-24-13-17;4*1-10-6-11(4-5-18-10)16-9-14(20)8-12-7-13(17)2-3-15(12)19-16/h3-12,14,25-26H,13,15-16H2,1-2H3;2-9,11,13H,10,12H2,1H3;4*2-7H,8-9H2,1H3. The molecule has 0 bridgehead atoms. The number of halogens is 5. The number of pyridine rings is 5. The molecule has 11 heterocycles. The summed E-state index contributed by atoms with van der Waals surface area (Å²) in [6.45, 7) is 14.5. The van der Waals surface area contributed by atoms with Crippen molar-refractivity contribution < 1.29 is 37.9 Å². The van der Waals surface area contributed by atoms with Crippen LogP contribution >= 0.6 is 66.1 Å². The molecule has 0 amide bonds. The molecule has 134 heavy (non-hydrogen) atoms. The van der Waals surface area contributed by atoms with E-state index < -0.39 is 0 Å². The summed E-state index contributed by atoms with van der Waals surface area (Å²) >= 11 is 15.2. The molecule has 6 aliphatic rings. The lowest BCUT2D eigenvalue weighted by atomic mass is 9.99. The Morgan fingerprint density at radius 2 is 0.821 bits per heavy atom. The first kappa shape index (κ1) is 95.2. The van der Waals surface area contributed by atoms with Gasteiger partial charge in [0.05, 0.1) is 63.0 Å². The van der Waals surface area contributed by atoms with Gasteiger partial charge in [0.2, 0.25) is 0 Å². The third-order valence-corrected chi connectivity index (χ3v) is 25.3. The molecule has 5 aromatic heterocycles. The molecule has 20 rings (SSSR count). The number of anilines is 1. The van der Waals surface area contributed by atoms with Gasteiger partial charge >= 0.3 is 0 Å². The zero-order valence-electron chi connectivity index (χ0n) is 75.0. The number of benzene rings is 9. The van der Waals surface area contributed by atoms with Crippen molar-refractivity contribution in [3.05, 3.63) is 409 Å². The van der Waals surface area contributed by atoms with Crippen molar-refractivity contribution in [3.8, 4) is 16.9 Å². The van der Waals surface area contributed by atoms with E-state index in [-0.39, 0.29) is 59.4 Å². The van der Waals surface area contributed by atoms with Crippen LogP contribution in [0, 0.1) is 57.9 Å². The van der Waals surface area contributed by atoms with E-state index in [2.05, 4.69) is 156 Å². The Morgan fingerprint density at radius 3 is 1.35 bits per heavy atom. The van der Waals surface area contributed by atoms with E-state index in [0.29, 0.717) is 92.8 Å². The fourth-order valence-corrected chi connectivity index (χ4v) is 17.8. The Balaban J connectivity index is 0.000000123. The van der Waals surface area contributed by atoms with Gasteiger partial charge in [-0.3, -0.25) is 78.6 Å². The number of nitrogens with zero attached hydrogens (tertiary/aromatic N) is 10. The molecule has 0 aliphatic carbocycles. The summed E-state index contributed by atoms with van der Waals surface area (Å²) in [5.41, 5.74) is 31.2. The predicted molar refractivity (Wildman–Crippen MR) is 546 cm³/mol. The van der Waals surface area contributed by atoms with Crippen LogP contribution < -0.4 is 10.1 Å². The minimum absolute atomic E-state index is 0.0440. The van der Waals surface area contributed by atoms with Crippen LogP contribution in [-0.4, -0.2) is 88.2 Å². The maximum absolute atomic E-state index is 13.3. The van der Waals surface area contributed by atoms with Crippen LogP contribution in [0.1, 0.15) is 156 Å². The number of hydrogen-bond acceptors (Lipinski definition) is 18. The van der Waals surface area contributed by atoms with Crippen molar-refractivity contribution in [2.24, 2.45) is 25.0 Å². The van der Waals surface area contributed by atoms with Crippen molar-refractivity contribution in [3.63, 3.8) is 0 Å². The summed E-state index contributed by atoms with van der Waals surface area (Å²) in [4.78, 5) is 118. The quantitative estimate of drug-likeness (QED) is 0.125. The Bertz CT molecular complexity index is 6560. The molecule has 1 atom stereocenters. The lowest BCUT2D eigenvalue weighted by molar-refractivity contribution is -0.119. The Kier molecular flexibility index (Phi) is 31.6. The van der Waals surface area contributed by atoms with Gasteiger partial charge in [-0.25, -0.2) is 4.39 Å². The number of Topliss-reactive ketones (excluding diaryl/α,β-unsaturated/α-hetero) is 6. The molecule has 14 aromatic rings. The largest absolute Gasteiger partial charge is 0.489 e. The average Bonchev–Trinajstić information content (AvgIpc) is 1.67. The predicted octanol–water partition coefficient (Wildman–Crippen LogP) is 25.3. The third kappa shape index (κ3) is 25.9. The molecule has 0 saturated heterocycles. The first-order chi connectivity index (χ1) is 64.6. The van der Waals surface area contributed by atoms with E-state index in [1.54, 1.807) is 43.1 Å². The van der Waals surface area contributed by atoms with Gasteiger partial charge < -0.3 is 10.1 Å². The first-order valence-corrected chi connectivity index (χ1v) is 47.0. The van der Waals surface area contributed by atoms with E-state index in [9.17, 15) is 33.2 Å². The number of carbonyl (C=O) groups excluding carboxylic acids is 6. The number of aryl methyl sites for hydroxylation is 7. The monoisotopic (exact) mass is 2030 g/mol. The second kappa shape index (κ2) is 44.4. The smallest absolute Gasteiger partial charge is 0.143 e. The summed E-state index contributed by atoms with van der Waals surface area (Å²) in [6, 6.07) is 75.7. The highest BCUT2D eigenvalue weighted by Crippen LogP contribution is 2.38. The van der Waals surface area contributed by atoms with Crippen molar-refractivity contribution in [1.29, 1.82) is 0 Å². The molecule has 0 radical (unpaired) electrons. The number of ketones is 6. The molecular formula is C111H94Br2ClFIN11O7. The second-order valence-corrected chi connectivity index (χ2v) is 37.2. The van der Waals surface area contributed by atoms with E-state index in [0.717, 1.165) is 176 Å². The highest BCUT2D eigenvalue weighted by atomic mass is 127. The molecule has 1 unspecified atom stereocenters. The fourth-order valence-electron chi connectivity index (χ4n) is 16.2. The van der Waals surface area contributed by atoms with E-state index in [1.165, 1.54) is 23.3 Å². The fraction of sp³-hybridized carbons (Fsp3) is 0.189. The zero-order chi connectivity index (χ0) is 94.1. The molecule has 0 spiro atoms. The van der Waals surface area contributed by atoms with E-state index >= 15 is 0 Å². The summed E-state index contributed by atoms with van der Waals surface area (Å²) in [5.74, 6) is 1.52. The number of ether oxygens (including phenoxy) is 1. The minimum Gasteiger partial charge on any atom is -0.489 e. The number of carbonyl (C=O) groups is 6. The Labute approximate surface area is 814 Å². The van der Waals surface area contributed by atoms with E-state index in [4.69, 9.17) is 26.3 Å². The number of rotatable bonds is 10. The van der Waals surface area contributed by atoms with Crippen LogP contribution in [0.25, 0.3) is 11.1 Å². The molecule has 670 valence electrons. The number of hydrogen-bond donors (Lipinski definition) is 1. The Hall–Kier alpha value is -13.4. The third-order valence-electron chi connectivity index (χ3n) is 23.1. The summed E-state index contributed by atoms with van der Waals surface area (Å²) in [7, 11) is 0. The van der Waals surface area contributed by atoms with Gasteiger partial charge in [0, 0.05) is 166 Å². The topological polar surface area (TPSA) is 250 Å². The van der Waals surface area contributed by atoms with Gasteiger partial charge in [0.15, 0.2) is 0 Å². The van der Waals surface area contributed by atoms with Crippen LogP contribution in [0.4, 0.5) is 38.5 Å². The maximum atomic E-state index is 13.3. The van der Waals surface area contributed by atoms with Crippen LogP contribution in [0.2, 0.25) is 5.02 Å². The first-order valence-electron chi connectivity index (χ1n) is 43.9. The second-order valence-electron chi connectivity index (χ2n) is 33.7. The maximum Gasteiger partial charge on any atom is 0.143 e. The van der Waals surface area contributed by atoms with Gasteiger partial charge in [-0.2, -0.15) is 0 Å². The number of fused-ring (bicyclic) bond motifs is 6. The molecule has 0 fully saturated rings. The van der Waals surface area contributed by atoms with Crippen molar-refractivity contribution >= 4 is 163 Å². The van der Waals surface area contributed by atoms with Crippen LogP contribution in [0.5, 0.6) is 5.75 Å². The van der Waals surface area contributed by atoms with Crippen molar-refractivity contribution in [2.75, 3.05) is 5.32 Å². The molecule has 23 heteroatoms. The molecule has 6 aliphatic heterocycles. The van der Waals surface area contributed by atoms with Gasteiger partial charge in [-0.15, -0.1) is 0 Å². The molecule has 9 aromatic carbocycles. The number of nitrogens with one attached hydrogen (secondary N) is 1. The zero-order valence-corrected chi connectivity index (χ0v) is 81.1. The molecule has 0 saturated carbocycles. The van der Waals surface area contributed by atoms with Gasteiger partial charge in [0.25, 0.3) is 0 Å². The van der Waals surface area contributed by atoms with Crippen molar-refractivity contribution in [1.82, 2.24) is 24.9 Å². The summed E-state index contributed by atoms with van der Waals surface area (Å²) in [5, 5.41) is 4.23. The van der Waals surface area contributed by atoms with Crippen LogP contribution in [-0.2, 0) is 73.9 Å². The number of aliphatic imine (C=N–C) groups is 5. The SMILES string of the molecule is Cc1cc(C2=Nc3ccc(Br)cc3CC(=O)C2)ccn1.Cc1cc(C2=Nc3ccc(Cl)cc3CC(=O)C2)ccn1.Cc1cc(C2=Nc3ccc(F)cc3CC(=O)C2)ccn1.Cc1cc(C2=Nc3ccc(I)cc3CC(=O)C2)ccn1.Cc1cc2c(cc1Br)CC(=O)CC(c1cccc(-c3cccnc3)c1)=N2.Cc1cc2c(cc1C)NC(c1cccc(OCc3ccccc3)c1)CC(=O)C2. The number of aromatic nitrogens is 5. The highest BCUT2D eigenvalue weighted by molar-refractivity contribution is 14.1.